The van der Waals surface area contributed by atoms with Gasteiger partial charge in [0.15, 0.2) is 0 Å². The van der Waals surface area contributed by atoms with Crippen LogP contribution in [0.15, 0.2) is 12.1 Å². The van der Waals surface area contributed by atoms with Crippen molar-refractivity contribution in [1.82, 2.24) is 9.88 Å². The second kappa shape index (κ2) is 7.19. The van der Waals surface area contributed by atoms with Crippen LogP contribution in [0.3, 0.4) is 0 Å². The Labute approximate surface area is 120 Å². The van der Waals surface area contributed by atoms with Gasteiger partial charge in [-0.15, -0.1) is 0 Å². The summed E-state index contributed by atoms with van der Waals surface area (Å²) in [6, 6.07) is 4.03. The normalized spacial score (nSPS) is 11.4. The maximum Gasteiger partial charge on any atom is 0.311 e. The predicted molar refractivity (Wildman–Crippen MR) is 81.1 cm³/mol. The number of rotatable bonds is 7. The van der Waals surface area contributed by atoms with Gasteiger partial charge in [-0.05, 0) is 40.7 Å². The van der Waals surface area contributed by atoms with Crippen LogP contribution in [0.1, 0.15) is 33.4 Å². The number of pyridine rings is 1. The van der Waals surface area contributed by atoms with E-state index in [0.717, 1.165) is 12.2 Å². The molecule has 0 saturated carbocycles. The minimum Gasteiger partial charge on any atom is -0.363 e. The van der Waals surface area contributed by atoms with Gasteiger partial charge in [-0.2, -0.15) is 0 Å². The fourth-order valence-corrected chi connectivity index (χ4v) is 2.24. The van der Waals surface area contributed by atoms with Gasteiger partial charge in [-0.25, -0.2) is 4.98 Å². The Morgan fingerprint density at radius 2 is 1.90 bits per heavy atom. The third-order valence-electron chi connectivity index (χ3n) is 3.20. The summed E-state index contributed by atoms with van der Waals surface area (Å²) in [4.78, 5) is 17.1. The molecule has 0 aliphatic rings. The first-order chi connectivity index (χ1) is 9.32. The molecule has 112 valence electrons. The largest absolute Gasteiger partial charge is 0.363 e. The molecule has 6 nitrogen and oxygen atoms in total. The monoisotopic (exact) mass is 280 g/mol. The summed E-state index contributed by atoms with van der Waals surface area (Å²) in [7, 11) is 0. The number of aryl methyl sites for hydroxylation is 1. The van der Waals surface area contributed by atoms with E-state index in [9.17, 15) is 10.1 Å². The molecule has 1 aromatic heterocycles. The first-order valence-electron chi connectivity index (χ1n) is 6.94. The Balaban J connectivity index is 2.70. The molecule has 20 heavy (non-hydrogen) atoms. The number of hydrogen-bond acceptors (Lipinski definition) is 5. The summed E-state index contributed by atoms with van der Waals surface area (Å²) >= 11 is 0. The van der Waals surface area contributed by atoms with Crippen LogP contribution >= 0.6 is 0 Å². The quantitative estimate of drug-likeness (QED) is 0.614. The zero-order chi connectivity index (χ0) is 15.3. The van der Waals surface area contributed by atoms with Gasteiger partial charge < -0.3 is 5.32 Å². The zero-order valence-corrected chi connectivity index (χ0v) is 12.9. The molecule has 0 spiro atoms. The number of nitrogens with one attached hydrogen (secondary N) is 1. The molecular formula is C14H24N4O2. The van der Waals surface area contributed by atoms with Crippen molar-refractivity contribution in [1.29, 1.82) is 0 Å². The predicted octanol–water partition coefficient (Wildman–Crippen LogP) is 2.83. The first-order valence-corrected chi connectivity index (χ1v) is 6.94. The Morgan fingerprint density at radius 3 is 2.40 bits per heavy atom. The van der Waals surface area contributed by atoms with E-state index < -0.39 is 4.92 Å². The van der Waals surface area contributed by atoms with Crippen LogP contribution in [0.4, 0.5) is 11.5 Å². The molecule has 6 heteroatoms. The molecule has 1 aromatic rings. The average Bonchev–Trinajstić information content (AvgIpc) is 2.33. The van der Waals surface area contributed by atoms with Crippen LogP contribution in [0.5, 0.6) is 0 Å². The maximum absolute atomic E-state index is 11.0. The summed E-state index contributed by atoms with van der Waals surface area (Å²) in [5.74, 6) is 0.350. The van der Waals surface area contributed by atoms with Crippen LogP contribution in [0.25, 0.3) is 0 Å². The third kappa shape index (κ3) is 4.45. The Hall–Kier alpha value is -1.69. The molecule has 0 radical (unpaired) electrons. The number of nitrogens with zero attached hydrogens (tertiary/aromatic N) is 3. The second-order valence-corrected chi connectivity index (χ2v) is 5.43. The van der Waals surface area contributed by atoms with Crippen molar-refractivity contribution in [2.45, 2.75) is 46.7 Å². The Morgan fingerprint density at radius 1 is 1.30 bits per heavy atom. The van der Waals surface area contributed by atoms with Crippen LogP contribution in [-0.4, -0.2) is 40.0 Å². The van der Waals surface area contributed by atoms with E-state index in [0.29, 0.717) is 24.4 Å². The van der Waals surface area contributed by atoms with E-state index in [1.54, 1.807) is 6.07 Å². The van der Waals surface area contributed by atoms with E-state index in [4.69, 9.17) is 0 Å². The van der Waals surface area contributed by atoms with Crippen molar-refractivity contribution < 1.29 is 4.92 Å². The third-order valence-corrected chi connectivity index (χ3v) is 3.20. The summed E-state index contributed by atoms with van der Waals surface area (Å²) in [5, 5.41) is 14.0. The molecule has 0 fully saturated rings. The summed E-state index contributed by atoms with van der Waals surface area (Å²) in [6.45, 7) is 11.9. The average molecular weight is 280 g/mol. The Bertz CT molecular complexity index is 452. The van der Waals surface area contributed by atoms with Crippen LogP contribution in [0.2, 0.25) is 0 Å². The summed E-state index contributed by atoms with van der Waals surface area (Å²) in [5.41, 5.74) is 0.791. The van der Waals surface area contributed by atoms with Crippen LogP contribution in [-0.2, 0) is 0 Å². The maximum atomic E-state index is 11.0. The van der Waals surface area contributed by atoms with Crippen molar-refractivity contribution in [3.05, 3.63) is 27.9 Å². The van der Waals surface area contributed by atoms with Gasteiger partial charge in [0, 0.05) is 36.9 Å². The topological polar surface area (TPSA) is 71.3 Å². The molecule has 0 bridgehead atoms. The second-order valence-electron chi connectivity index (χ2n) is 5.43. The lowest BCUT2D eigenvalue weighted by Gasteiger charge is -2.30. The molecule has 0 saturated heterocycles. The van der Waals surface area contributed by atoms with E-state index in [1.165, 1.54) is 6.07 Å². The number of anilines is 1. The molecule has 1 rings (SSSR count). The lowest BCUT2D eigenvalue weighted by atomic mass is 10.2. The molecule has 1 heterocycles. The molecule has 0 amide bonds. The smallest absolute Gasteiger partial charge is 0.311 e. The van der Waals surface area contributed by atoms with E-state index in [-0.39, 0.29) is 5.69 Å². The van der Waals surface area contributed by atoms with Crippen molar-refractivity contribution in [2.75, 3.05) is 18.4 Å². The highest BCUT2D eigenvalue weighted by Gasteiger charge is 2.16. The number of hydrogen-bond donors (Lipinski definition) is 1. The van der Waals surface area contributed by atoms with E-state index in [2.05, 4.69) is 42.9 Å². The molecular weight excluding hydrogens is 256 g/mol. The van der Waals surface area contributed by atoms with Crippen LogP contribution in [0, 0.1) is 17.0 Å². The Kier molecular flexibility index (Phi) is 5.88. The van der Waals surface area contributed by atoms with E-state index >= 15 is 0 Å². The van der Waals surface area contributed by atoms with Gasteiger partial charge in [-0.3, -0.25) is 15.0 Å². The minimum absolute atomic E-state index is 0.0243. The molecule has 0 aliphatic heterocycles. The summed E-state index contributed by atoms with van der Waals surface area (Å²) in [6.07, 6.45) is 0. The molecule has 1 N–H and O–H groups in total. The number of nitro groups is 1. The highest BCUT2D eigenvalue weighted by atomic mass is 16.6. The van der Waals surface area contributed by atoms with Crippen molar-refractivity contribution in [2.24, 2.45) is 0 Å². The number of aromatic nitrogens is 1. The lowest BCUT2D eigenvalue weighted by Crippen LogP contribution is -2.40. The van der Waals surface area contributed by atoms with Gasteiger partial charge in [0.2, 0.25) is 5.82 Å². The van der Waals surface area contributed by atoms with Gasteiger partial charge in [0.25, 0.3) is 0 Å². The highest BCUT2D eigenvalue weighted by molar-refractivity contribution is 5.56. The van der Waals surface area contributed by atoms with E-state index in [1.807, 2.05) is 6.92 Å². The van der Waals surface area contributed by atoms with Gasteiger partial charge in [0.1, 0.15) is 0 Å². The first kappa shape index (κ1) is 16.4. The fourth-order valence-electron chi connectivity index (χ4n) is 2.24. The molecule has 0 aromatic carbocycles. The van der Waals surface area contributed by atoms with Crippen molar-refractivity contribution >= 4 is 11.5 Å². The molecule has 0 atom stereocenters. The highest BCUT2D eigenvalue weighted by Crippen LogP contribution is 2.21. The van der Waals surface area contributed by atoms with Gasteiger partial charge >= 0.3 is 5.69 Å². The van der Waals surface area contributed by atoms with Crippen molar-refractivity contribution in [3.8, 4) is 0 Å². The van der Waals surface area contributed by atoms with Gasteiger partial charge in [0.05, 0.1) is 4.92 Å². The standard InChI is InChI=1S/C14H24N4O2/c1-10(2)17(11(3)4)9-8-15-14-13(18(19)20)7-6-12(5)16-14/h6-7,10-11H,8-9H2,1-5H3,(H,15,16). The fraction of sp³-hybridized carbons (Fsp3) is 0.643. The zero-order valence-electron chi connectivity index (χ0n) is 12.9. The minimum atomic E-state index is -0.405. The molecule has 0 unspecified atom stereocenters. The SMILES string of the molecule is Cc1ccc([N+](=O)[O-])c(NCCN(C(C)C)C(C)C)n1. The summed E-state index contributed by atoms with van der Waals surface area (Å²) < 4.78 is 0. The van der Waals surface area contributed by atoms with Gasteiger partial charge in [-0.1, -0.05) is 0 Å². The van der Waals surface area contributed by atoms with Crippen LogP contribution < -0.4 is 5.32 Å². The molecule has 0 aliphatic carbocycles. The van der Waals surface area contributed by atoms with Crippen molar-refractivity contribution in [3.63, 3.8) is 0 Å². The lowest BCUT2D eigenvalue weighted by molar-refractivity contribution is -0.384.